The molecule has 1 atom stereocenters. The fourth-order valence-electron chi connectivity index (χ4n) is 1.82. The minimum absolute atomic E-state index is 0.444. The Morgan fingerprint density at radius 2 is 1.93 bits per heavy atom. The highest BCUT2D eigenvalue weighted by Crippen LogP contribution is 2.28. The van der Waals surface area contributed by atoms with E-state index in [1.165, 1.54) is 5.69 Å². The van der Waals surface area contributed by atoms with E-state index in [0.29, 0.717) is 6.04 Å². The Kier molecular flexibility index (Phi) is 3.69. The summed E-state index contributed by atoms with van der Waals surface area (Å²) in [5.74, 6) is 0. The second kappa shape index (κ2) is 4.85. The van der Waals surface area contributed by atoms with Gasteiger partial charge in [0.15, 0.2) is 0 Å². The van der Waals surface area contributed by atoms with Crippen molar-refractivity contribution in [3.63, 3.8) is 0 Å². The van der Waals surface area contributed by atoms with Crippen molar-refractivity contribution < 1.29 is 4.74 Å². The minimum Gasteiger partial charge on any atom is -0.377 e. The lowest BCUT2D eigenvalue weighted by Gasteiger charge is -2.35. The molecule has 1 saturated heterocycles. The first kappa shape index (κ1) is 11.4. The van der Waals surface area contributed by atoms with Crippen molar-refractivity contribution >= 4 is 37.5 Å². The molecule has 1 aliphatic heterocycles. The van der Waals surface area contributed by atoms with Crippen LogP contribution < -0.4 is 4.90 Å². The number of hydrogen-bond acceptors (Lipinski definition) is 2. The first-order chi connectivity index (χ1) is 7.16. The molecular weight excluding hydrogens is 322 g/mol. The topological polar surface area (TPSA) is 12.5 Å². The largest absolute Gasteiger partial charge is 0.377 e. The zero-order chi connectivity index (χ0) is 10.8. The van der Waals surface area contributed by atoms with E-state index in [1.54, 1.807) is 0 Å². The van der Waals surface area contributed by atoms with E-state index in [-0.39, 0.29) is 0 Å². The predicted octanol–water partition coefficient (Wildman–Crippen LogP) is 3.44. The molecule has 2 nitrogen and oxygen atoms in total. The summed E-state index contributed by atoms with van der Waals surface area (Å²) in [5, 5.41) is 0. The van der Waals surface area contributed by atoms with E-state index in [2.05, 4.69) is 61.9 Å². The van der Waals surface area contributed by atoms with Crippen LogP contribution in [0.3, 0.4) is 0 Å². The molecule has 0 unspecified atom stereocenters. The molecule has 2 rings (SSSR count). The highest BCUT2D eigenvalue weighted by Gasteiger charge is 2.19. The summed E-state index contributed by atoms with van der Waals surface area (Å²) in [6.07, 6.45) is 0. The average molecular weight is 335 g/mol. The maximum Gasteiger partial charge on any atom is 0.0668 e. The number of ether oxygens (including phenoxy) is 1. The van der Waals surface area contributed by atoms with E-state index in [1.807, 2.05) is 0 Å². The summed E-state index contributed by atoms with van der Waals surface area (Å²) >= 11 is 7.02. The molecule has 4 heteroatoms. The molecule has 0 aliphatic carbocycles. The van der Waals surface area contributed by atoms with Crippen molar-refractivity contribution in [2.75, 3.05) is 24.7 Å². The van der Waals surface area contributed by atoms with Gasteiger partial charge < -0.3 is 9.64 Å². The van der Waals surface area contributed by atoms with Gasteiger partial charge in [-0.1, -0.05) is 31.9 Å². The van der Waals surface area contributed by atoms with E-state index in [0.717, 1.165) is 28.7 Å². The molecule has 0 bridgehead atoms. The lowest BCUT2D eigenvalue weighted by atomic mass is 10.2. The van der Waals surface area contributed by atoms with Crippen molar-refractivity contribution in [3.8, 4) is 0 Å². The van der Waals surface area contributed by atoms with E-state index >= 15 is 0 Å². The smallest absolute Gasteiger partial charge is 0.0668 e. The zero-order valence-corrected chi connectivity index (χ0v) is 11.7. The van der Waals surface area contributed by atoms with Crippen molar-refractivity contribution in [1.29, 1.82) is 0 Å². The standard InChI is InChI=1S/C11H13Br2NO/c1-8-7-15-3-2-14(8)11-5-9(12)4-10(13)6-11/h4-6,8H,2-3,7H2,1H3/t8-/m1/s1. The fraction of sp³-hybridized carbons (Fsp3) is 0.455. The number of nitrogens with zero attached hydrogens (tertiary/aromatic N) is 1. The Labute approximate surface area is 107 Å². The van der Waals surface area contributed by atoms with Crippen LogP contribution in [0.2, 0.25) is 0 Å². The SMILES string of the molecule is C[C@@H]1COCCN1c1cc(Br)cc(Br)c1. The Bertz CT molecular complexity index is 336. The second-order valence-electron chi connectivity index (χ2n) is 3.74. The van der Waals surface area contributed by atoms with Crippen molar-refractivity contribution in [2.45, 2.75) is 13.0 Å². The van der Waals surface area contributed by atoms with Gasteiger partial charge in [0.25, 0.3) is 0 Å². The van der Waals surface area contributed by atoms with E-state index in [4.69, 9.17) is 4.74 Å². The first-order valence-corrected chi connectivity index (χ1v) is 6.56. The van der Waals surface area contributed by atoms with Crippen LogP contribution in [0.25, 0.3) is 0 Å². The van der Waals surface area contributed by atoms with E-state index in [9.17, 15) is 0 Å². The summed E-state index contributed by atoms with van der Waals surface area (Å²) < 4.78 is 7.63. The maximum atomic E-state index is 5.43. The average Bonchev–Trinajstić information content (AvgIpc) is 2.16. The third kappa shape index (κ3) is 2.74. The molecule has 1 aliphatic rings. The number of rotatable bonds is 1. The fourth-order valence-corrected chi connectivity index (χ4v) is 3.09. The molecule has 15 heavy (non-hydrogen) atoms. The Hall–Kier alpha value is -0.0600. The molecule has 82 valence electrons. The lowest BCUT2D eigenvalue weighted by molar-refractivity contribution is 0.0989. The number of hydrogen-bond donors (Lipinski definition) is 0. The number of halogens is 2. The normalized spacial score (nSPS) is 21.8. The lowest BCUT2D eigenvalue weighted by Crippen LogP contribution is -2.43. The number of anilines is 1. The third-order valence-corrected chi connectivity index (χ3v) is 3.46. The van der Waals surface area contributed by atoms with Crippen LogP contribution in [-0.4, -0.2) is 25.8 Å². The third-order valence-electron chi connectivity index (χ3n) is 2.55. The summed E-state index contributed by atoms with van der Waals surface area (Å²) in [5.41, 5.74) is 1.24. The van der Waals surface area contributed by atoms with E-state index < -0.39 is 0 Å². The highest BCUT2D eigenvalue weighted by molar-refractivity contribution is 9.11. The summed E-state index contributed by atoms with van der Waals surface area (Å²) in [6.45, 7) is 4.77. The van der Waals surface area contributed by atoms with Crippen LogP contribution in [0.4, 0.5) is 5.69 Å². The van der Waals surface area contributed by atoms with Crippen LogP contribution in [0.15, 0.2) is 27.1 Å². The summed E-state index contributed by atoms with van der Waals surface area (Å²) in [6, 6.07) is 6.79. The minimum atomic E-state index is 0.444. The van der Waals surface area contributed by atoms with Crippen LogP contribution in [0, 0.1) is 0 Å². The molecule has 0 aromatic heterocycles. The van der Waals surface area contributed by atoms with Gasteiger partial charge >= 0.3 is 0 Å². The highest BCUT2D eigenvalue weighted by atomic mass is 79.9. The van der Waals surface area contributed by atoms with Crippen molar-refractivity contribution in [2.24, 2.45) is 0 Å². The van der Waals surface area contributed by atoms with Gasteiger partial charge in [0, 0.05) is 27.2 Å². The van der Waals surface area contributed by atoms with Crippen LogP contribution in [0.1, 0.15) is 6.92 Å². The predicted molar refractivity (Wildman–Crippen MR) is 69.5 cm³/mol. The zero-order valence-electron chi connectivity index (χ0n) is 8.54. The molecule has 1 aromatic carbocycles. The molecule has 0 N–H and O–H groups in total. The summed E-state index contributed by atoms with van der Waals surface area (Å²) in [4.78, 5) is 2.37. The molecule has 0 spiro atoms. The Morgan fingerprint density at radius 3 is 2.53 bits per heavy atom. The van der Waals surface area contributed by atoms with Gasteiger partial charge in [-0.3, -0.25) is 0 Å². The first-order valence-electron chi connectivity index (χ1n) is 4.97. The van der Waals surface area contributed by atoms with Crippen molar-refractivity contribution in [1.82, 2.24) is 0 Å². The Morgan fingerprint density at radius 1 is 1.27 bits per heavy atom. The van der Waals surface area contributed by atoms with Gasteiger partial charge in [-0.2, -0.15) is 0 Å². The molecule has 0 amide bonds. The van der Waals surface area contributed by atoms with Gasteiger partial charge in [-0.05, 0) is 25.1 Å². The van der Waals surface area contributed by atoms with Crippen molar-refractivity contribution in [3.05, 3.63) is 27.1 Å². The summed E-state index contributed by atoms with van der Waals surface area (Å²) in [7, 11) is 0. The molecule has 0 saturated carbocycles. The quantitative estimate of drug-likeness (QED) is 0.780. The molecule has 0 radical (unpaired) electrons. The van der Waals surface area contributed by atoms with Crippen LogP contribution in [-0.2, 0) is 4.74 Å². The van der Waals surface area contributed by atoms with Gasteiger partial charge in [0.2, 0.25) is 0 Å². The number of morpholine rings is 1. The van der Waals surface area contributed by atoms with Gasteiger partial charge in [-0.25, -0.2) is 0 Å². The molecule has 1 heterocycles. The molecular formula is C11H13Br2NO. The van der Waals surface area contributed by atoms with Crippen LogP contribution >= 0.6 is 31.9 Å². The molecule has 1 aromatic rings. The Balaban J connectivity index is 2.27. The number of benzene rings is 1. The van der Waals surface area contributed by atoms with Gasteiger partial charge in [0.05, 0.1) is 13.2 Å². The van der Waals surface area contributed by atoms with Gasteiger partial charge in [-0.15, -0.1) is 0 Å². The van der Waals surface area contributed by atoms with Gasteiger partial charge in [0.1, 0.15) is 0 Å². The van der Waals surface area contributed by atoms with Crippen LogP contribution in [0.5, 0.6) is 0 Å². The monoisotopic (exact) mass is 333 g/mol. The maximum absolute atomic E-state index is 5.43. The molecule has 1 fully saturated rings. The second-order valence-corrected chi connectivity index (χ2v) is 5.58.